The Morgan fingerprint density at radius 1 is 1.31 bits per heavy atom. The van der Waals surface area contributed by atoms with Crippen molar-refractivity contribution in [2.75, 3.05) is 6.54 Å². The van der Waals surface area contributed by atoms with Crippen molar-refractivity contribution in [2.45, 2.75) is 19.3 Å². The fourth-order valence-corrected chi connectivity index (χ4v) is 1.95. The normalized spacial score (nSPS) is 10.4. The second-order valence-corrected chi connectivity index (χ2v) is 4.30. The number of benzene rings is 1. The van der Waals surface area contributed by atoms with Gasteiger partial charge in [0.15, 0.2) is 0 Å². The Labute approximate surface area is 92.4 Å². The van der Waals surface area contributed by atoms with Gasteiger partial charge in [-0.1, -0.05) is 33.6 Å². The molecule has 0 saturated carbocycles. The minimum absolute atomic E-state index is 0.758. The quantitative estimate of drug-likeness (QED) is 0.827. The zero-order valence-corrected chi connectivity index (χ0v) is 9.74. The lowest BCUT2D eigenvalue weighted by atomic mass is 10.1. The average molecular weight is 263 g/mol. The summed E-state index contributed by atoms with van der Waals surface area (Å²) in [6.07, 6.45) is 3.19. The maximum Gasteiger partial charge on any atom is 0.0449 e. The first-order valence-electron chi connectivity index (χ1n) is 4.38. The molecule has 1 rings (SSSR count). The maximum absolute atomic E-state index is 6.05. The highest BCUT2D eigenvalue weighted by Gasteiger charge is 1.99. The van der Waals surface area contributed by atoms with Crippen molar-refractivity contribution in [1.82, 2.24) is 0 Å². The van der Waals surface area contributed by atoms with Gasteiger partial charge in [-0.2, -0.15) is 0 Å². The van der Waals surface area contributed by atoms with E-state index in [4.69, 9.17) is 17.3 Å². The lowest BCUT2D eigenvalue weighted by Gasteiger charge is -2.03. The van der Waals surface area contributed by atoms with Crippen LogP contribution in [0.15, 0.2) is 22.7 Å². The number of nitrogens with two attached hydrogens (primary N) is 1. The molecule has 2 N–H and O–H groups in total. The van der Waals surface area contributed by atoms with E-state index in [-0.39, 0.29) is 0 Å². The summed E-state index contributed by atoms with van der Waals surface area (Å²) in [6.45, 7) is 0.758. The first-order chi connectivity index (χ1) is 6.24. The van der Waals surface area contributed by atoms with Gasteiger partial charge in [0.25, 0.3) is 0 Å². The lowest BCUT2D eigenvalue weighted by Crippen LogP contribution is -1.99. The van der Waals surface area contributed by atoms with E-state index in [0.29, 0.717) is 0 Å². The number of aryl methyl sites for hydroxylation is 1. The molecule has 0 saturated heterocycles. The van der Waals surface area contributed by atoms with Crippen LogP contribution in [0.4, 0.5) is 0 Å². The number of unbranched alkanes of at least 4 members (excludes halogenated alkanes) is 1. The van der Waals surface area contributed by atoms with Crippen LogP contribution in [0.2, 0.25) is 5.02 Å². The fraction of sp³-hybridized carbons (Fsp3) is 0.400. The summed E-state index contributed by atoms with van der Waals surface area (Å²) >= 11 is 9.42. The van der Waals surface area contributed by atoms with Gasteiger partial charge in [0.1, 0.15) is 0 Å². The third kappa shape index (κ3) is 3.67. The molecule has 3 heteroatoms. The van der Waals surface area contributed by atoms with Crippen molar-refractivity contribution in [3.8, 4) is 0 Å². The van der Waals surface area contributed by atoms with E-state index in [1.54, 1.807) is 0 Å². The molecule has 1 nitrogen and oxygen atoms in total. The molecule has 0 aliphatic heterocycles. The van der Waals surface area contributed by atoms with Crippen LogP contribution in [0.25, 0.3) is 0 Å². The minimum Gasteiger partial charge on any atom is -0.330 e. The number of rotatable bonds is 4. The molecule has 72 valence electrons. The van der Waals surface area contributed by atoms with Gasteiger partial charge in [-0.3, -0.25) is 0 Å². The van der Waals surface area contributed by atoms with Crippen LogP contribution in [0.1, 0.15) is 18.4 Å². The molecule has 1 aromatic carbocycles. The van der Waals surface area contributed by atoms with Crippen molar-refractivity contribution in [3.63, 3.8) is 0 Å². The van der Waals surface area contributed by atoms with E-state index in [9.17, 15) is 0 Å². The molecule has 0 fully saturated rings. The molecular formula is C10H13BrClN. The van der Waals surface area contributed by atoms with E-state index in [2.05, 4.69) is 22.0 Å². The molecule has 1 aromatic rings. The second-order valence-electron chi connectivity index (χ2n) is 2.98. The molecule has 0 bridgehead atoms. The largest absolute Gasteiger partial charge is 0.330 e. The molecule has 0 unspecified atom stereocenters. The zero-order chi connectivity index (χ0) is 9.68. The summed E-state index contributed by atoms with van der Waals surface area (Å²) in [5, 5.41) is 0.839. The lowest BCUT2D eigenvalue weighted by molar-refractivity contribution is 0.745. The van der Waals surface area contributed by atoms with Gasteiger partial charge in [0.05, 0.1) is 0 Å². The molecule has 0 heterocycles. The van der Waals surface area contributed by atoms with Gasteiger partial charge >= 0.3 is 0 Å². The van der Waals surface area contributed by atoms with Crippen molar-refractivity contribution >= 4 is 27.5 Å². The maximum atomic E-state index is 6.05. The standard InChI is InChI=1S/C10H13BrClN/c11-9-5-4-8(10(12)7-9)3-1-2-6-13/h4-5,7H,1-3,6,13H2. The molecule has 0 radical (unpaired) electrons. The molecule has 0 aliphatic rings. The van der Waals surface area contributed by atoms with Crippen molar-refractivity contribution < 1.29 is 0 Å². The molecule has 0 atom stereocenters. The van der Waals surface area contributed by atoms with E-state index in [1.807, 2.05) is 12.1 Å². The monoisotopic (exact) mass is 261 g/mol. The van der Waals surface area contributed by atoms with Gasteiger partial charge in [0.2, 0.25) is 0 Å². The van der Waals surface area contributed by atoms with Gasteiger partial charge in [-0.15, -0.1) is 0 Å². The highest BCUT2D eigenvalue weighted by Crippen LogP contribution is 2.22. The first-order valence-corrected chi connectivity index (χ1v) is 5.55. The van der Waals surface area contributed by atoms with E-state index >= 15 is 0 Å². The Hall–Kier alpha value is -0.0500. The predicted molar refractivity (Wildman–Crippen MR) is 61.1 cm³/mol. The molecule has 0 amide bonds. The second kappa shape index (κ2) is 5.63. The fourth-order valence-electron chi connectivity index (χ4n) is 1.18. The highest BCUT2D eigenvalue weighted by atomic mass is 79.9. The smallest absolute Gasteiger partial charge is 0.0449 e. The number of hydrogen-bond acceptors (Lipinski definition) is 1. The summed E-state index contributed by atoms with van der Waals surface area (Å²) in [5.74, 6) is 0. The van der Waals surface area contributed by atoms with Crippen LogP contribution >= 0.6 is 27.5 Å². The molecular weight excluding hydrogens is 249 g/mol. The molecule has 0 aromatic heterocycles. The molecule has 0 spiro atoms. The minimum atomic E-state index is 0.758. The Morgan fingerprint density at radius 2 is 2.08 bits per heavy atom. The van der Waals surface area contributed by atoms with Gasteiger partial charge in [-0.05, 0) is 43.5 Å². The SMILES string of the molecule is NCCCCc1ccc(Br)cc1Cl. The average Bonchev–Trinajstić information content (AvgIpc) is 2.09. The zero-order valence-electron chi connectivity index (χ0n) is 7.39. The summed E-state index contributed by atoms with van der Waals surface area (Å²) in [7, 11) is 0. The third-order valence-electron chi connectivity index (χ3n) is 1.92. The topological polar surface area (TPSA) is 26.0 Å². The third-order valence-corrected chi connectivity index (χ3v) is 2.76. The van der Waals surface area contributed by atoms with Crippen molar-refractivity contribution in [1.29, 1.82) is 0 Å². The van der Waals surface area contributed by atoms with E-state index in [0.717, 1.165) is 35.3 Å². The summed E-state index contributed by atoms with van der Waals surface area (Å²) in [6, 6.07) is 6.01. The van der Waals surface area contributed by atoms with Crippen molar-refractivity contribution in [2.24, 2.45) is 5.73 Å². The van der Waals surface area contributed by atoms with Crippen LogP contribution in [-0.4, -0.2) is 6.54 Å². The molecule has 0 aliphatic carbocycles. The number of halogens is 2. The van der Waals surface area contributed by atoms with E-state index in [1.165, 1.54) is 5.56 Å². The summed E-state index contributed by atoms with van der Waals surface area (Å²) in [5.41, 5.74) is 6.62. The van der Waals surface area contributed by atoms with Crippen LogP contribution in [0, 0.1) is 0 Å². The van der Waals surface area contributed by atoms with Gasteiger partial charge in [0, 0.05) is 9.50 Å². The van der Waals surface area contributed by atoms with Crippen LogP contribution in [-0.2, 0) is 6.42 Å². The van der Waals surface area contributed by atoms with E-state index < -0.39 is 0 Å². The predicted octanol–water partition coefficient (Wildman–Crippen LogP) is 3.38. The Morgan fingerprint density at radius 3 is 2.69 bits per heavy atom. The van der Waals surface area contributed by atoms with Gasteiger partial charge < -0.3 is 5.73 Å². The molecule has 13 heavy (non-hydrogen) atoms. The Bertz CT molecular complexity index is 276. The highest BCUT2D eigenvalue weighted by molar-refractivity contribution is 9.10. The Kier molecular flexibility index (Phi) is 4.78. The van der Waals surface area contributed by atoms with Crippen molar-refractivity contribution in [3.05, 3.63) is 33.3 Å². The Balaban J connectivity index is 2.56. The first kappa shape index (κ1) is 11.0. The van der Waals surface area contributed by atoms with Crippen LogP contribution in [0.3, 0.4) is 0 Å². The van der Waals surface area contributed by atoms with Crippen LogP contribution < -0.4 is 5.73 Å². The summed E-state index contributed by atoms with van der Waals surface area (Å²) < 4.78 is 1.03. The van der Waals surface area contributed by atoms with Gasteiger partial charge in [-0.25, -0.2) is 0 Å². The number of hydrogen-bond donors (Lipinski definition) is 1. The van der Waals surface area contributed by atoms with Crippen LogP contribution in [0.5, 0.6) is 0 Å². The summed E-state index contributed by atoms with van der Waals surface area (Å²) in [4.78, 5) is 0.